The number of hydrogen-bond acceptors (Lipinski definition) is 2. The zero-order valence-corrected chi connectivity index (χ0v) is 13.5. The molecule has 1 heterocycles. The Morgan fingerprint density at radius 3 is 2.60 bits per heavy atom. The standard InChI is InChI=1S/C18H30N2/c1-15(18(2,3)4)19-17-11-13-20(14-17)12-10-16-8-6-5-7-9-16/h5-9,15,17,19H,10-14H2,1-4H3. The molecule has 1 N–H and O–H groups in total. The van der Waals surface area contributed by atoms with Crippen molar-refractivity contribution in [3.05, 3.63) is 35.9 Å². The first-order valence-corrected chi connectivity index (χ1v) is 7.97. The summed E-state index contributed by atoms with van der Waals surface area (Å²) in [6.45, 7) is 12.9. The van der Waals surface area contributed by atoms with E-state index in [0.29, 0.717) is 17.5 Å². The van der Waals surface area contributed by atoms with Crippen LogP contribution < -0.4 is 5.32 Å². The van der Waals surface area contributed by atoms with E-state index < -0.39 is 0 Å². The summed E-state index contributed by atoms with van der Waals surface area (Å²) in [5, 5.41) is 3.81. The SMILES string of the molecule is CC(NC1CCN(CCc2ccccc2)C1)C(C)(C)C. The van der Waals surface area contributed by atoms with Gasteiger partial charge in [0.05, 0.1) is 0 Å². The summed E-state index contributed by atoms with van der Waals surface area (Å²) in [5.74, 6) is 0. The van der Waals surface area contributed by atoms with Gasteiger partial charge in [0.15, 0.2) is 0 Å². The monoisotopic (exact) mass is 274 g/mol. The highest BCUT2D eigenvalue weighted by molar-refractivity contribution is 5.14. The largest absolute Gasteiger partial charge is 0.310 e. The van der Waals surface area contributed by atoms with Crippen LogP contribution in [0, 0.1) is 5.41 Å². The molecule has 2 nitrogen and oxygen atoms in total. The molecule has 112 valence electrons. The van der Waals surface area contributed by atoms with Gasteiger partial charge in [-0.15, -0.1) is 0 Å². The molecule has 2 rings (SSSR count). The zero-order valence-electron chi connectivity index (χ0n) is 13.5. The molecule has 20 heavy (non-hydrogen) atoms. The first kappa shape index (κ1) is 15.5. The molecule has 2 atom stereocenters. The summed E-state index contributed by atoms with van der Waals surface area (Å²) < 4.78 is 0. The van der Waals surface area contributed by atoms with E-state index in [1.807, 2.05) is 0 Å². The number of nitrogens with zero attached hydrogens (tertiary/aromatic N) is 1. The Balaban J connectivity index is 1.73. The molecular formula is C18H30N2. The number of nitrogens with one attached hydrogen (secondary N) is 1. The van der Waals surface area contributed by atoms with Crippen LogP contribution in [0.4, 0.5) is 0 Å². The van der Waals surface area contributed by atoms with Crippen LogP contribution in [0.25, 0.3) is 0 Å². The molecular weight excluding hydrogens is 244 g/mol. The lowest BCUT2D eigenvalue weighted by atomic mass is 9.87. The lowest BCUT2D eigenvalue weighted by Gasteiger charge is -2.31. The Hall–Kier alpha value is -0.860. The van der Waals surface area contributed by atoms with Gasteiger partial charge in [-0.2, -0.15) is 0 Å². The van der Waals surface area contributed by atoms with E-state index in [4.69, 9.17) is 0 Å². The Bertz CT molecular complexity index is 394. The van der Waals surface area contributed by atoms with Gasteiger partial charge in [0, 0.05) is 25.2 Å². The fraction of sp³-hybridized carbons (Fsp3) is 0.667. The van der Waals surface area contributed by atoms with Crippen molar-refractivity contribution >= 4 is 0 Å². The topological polar surface area (TPSA) is 15.3 Å². The van der Waals surface area contributed by atoms with E-state index >= 15 is 0 Å². The van der Waals surface area contributed by atoms with Crippen molar-refractivity contribution in [3.8, 4) is 0 Å². The van der Waals surface area contributed by atoms with E-state index in [0.717, 1.165) is 0 Å². The smallest absolute Gasteiger partial charge is 0.0209 e. The predicted molar refractivity (Wildman–Crippen MR) is 87.0 cm³/mol. The maximum absolute atomic E-state index is 3.81. The summed E-state index contributed by atoms with van der Waals surface area (Å²) in [7, 11) is 0. The van der Waals surface area contributed by atoms with Gasteiger partial charge in [0.2, 0.25) is 0 Å². The molecule has 0 saturated carbocycles. The van der Waals surface area contributed by atoms with Gasteiger partial charge in [-0.3, -0.25) is 0 Å². The van der Waals surface area contributed by atoms with E-state index in [9.17, 15) is 0 Å². The van der Waals surface area contributed by atoms with Crippen LogP contribution in [-0.4, -0.2) is 36.6 Å². The number of likely N-dealkylation sites (tertiary alicyclic amines) is 1. The third kappa shape index (κ3) is 4.60. The highest BCUT2D eigenvalue weighted by Crippen LogP contribution is 2.21. The minimum absolute atomic E-state index is 0.345. The highest BCUT2D eigenvalue weighted by atomic mass is 15.2. The second kappa shape index (κ2) is 6.73. The summed E-state index contributed by atoms with van der Waals surface area (Å²) >= 11 is 0. The van der Waals surface area contributed by atoms with Crippen molar-refractivity contribution in [2.45, 2.75) is 52.6 Å². The van der Waals surface area contributed by atoms with Crippen LogP contribution in [0.15, 0.2) is 30.3 Å². The third-order valence-electron chi connectivity index (χ3n) is 4.62. The zero-order chi connectivity index (χ0) is 14.6. The molecule has 2 unspecified atom stereocenters. The van der Waals surface area contributed by atoms with Gasteiger partial charge in [-0.25, -0.2) is 0 Å². The van der Waals surface area contributed by atoms with Gasteiger partial charge < -0.3 is 10.2 Å². The van der Waals surface area contributed by atoms with Crippen molar-refractivity contribution in [2.75, 3.05) is 19.6 Å². The van der Waals surface area contributed by atoms with Crippen LogP contribution in [0.3, 0.4) is 0 Å². The summed E-state index contributed by atoms with van der Waals surface area (Å²) in [6.07, 6.45) is 2.46. The molecule has 1 aliphatic rings. The second-order valence-corrected chi connectivity index (χ2v) is 7.28. The van der Waals surface area contributed by atoms with Crippen LogP contribution >= 0.6 is 0 Å². The lowest BCUT2D eigenvalue weighted by Crippen LogP contribution is -2.45. The summed E-state index contributed by atoms with van der Waals surface area (Å²) in [4.78, 5) is 2.60. The average Bonchev–Trinajstić information content (AvgIpc) is 2.84. The van der Waals surface area contributed by atoms with Crippen LogP contribution in [0.2, 0.25) is 0 Å². The van der Waals surface area contributed by atoms with Crippen LogP contribution in [0.1, 0.15) is 39.7 Å². The van der Waals surface area contributed by atoms with Crippen molar-refractivity contribution in [1.29, 1.82) is 0 Å². The molecule has 0 spiro atoms. The van der Waals surface area contributed by atoms with Crippen LogP contribution in [-0.2, 0) is 6.42 Å². The van der Waals surface area contributed by atoms with Crippen molar-refractivity contribution in [3.63, 3.8) is 0 Å². The quantitative estimate of drug-likeness (QED) is 0.886. The minimum Gasteiger partial charge on any atom is -0.310 e. The fourth-order valence-electron chi connectivity index (χ4n) is 2.71. The molecule has 0 amide bonds. The molecule has 0 aromatic heterocycles. The van der Waals surface area contributed by atoms with E-state index in [1.165, 1.54) is 38.0 Å². The molecule has 1 aromatic carbocycles. The Labute approximate surface area is 124 Å². The Kier molecular flexibility index (Phi) is 5.22. The highest BCUT2D eigenvalue weighted by Gasteiger charge is 2.27. The van der Waals surface area contributed by atoms with E-state index in [-0.39, 0.29) is 0 Å². The van der Waals surface area contributed by atoms with Crippen molar-refractivity contribution in [2.24, 2.45) is 5.41 Å². The first-order valence-electron chi connectivity index (χ1n) is 7.97. The molecule has 1 saturated heterocycles. The lowest BCUT2D eigenvalue weighted by molar-refractivity contribution is 0.256. The van der Waals surface area contributed by atoms with Gasteiger partial charge in [0.25, 0.3) is 0 Å². The molecule has 2 heteroatoms. The fourth-order valence-corrected chi connectivity index (χ4v) is 2.71. The minimum atomic E-state index is 0.345. The maximum Gasteiger partial charge on any atom is 0.0209 e. The molecule has 0 radical (unpaired) electrons. The third-order valence-corrected chi connectivity index (χ3v) is 4.62. The van der Waals surface area contributed by atoms with Gasteiger partial charge >= 0.3 is 0 Å². The van der Waals surface area contributed by atoms with Gasteiger partial charge in [-0.05, 0) is 37.3 Å². The Morgan fingerprint density at radius 1 is 1.25 bits per heavy atom. The molecule has 1 fully saturated rings. The summed E-state index contributed by atoms with van der Waals surface area (Å²) in [6, 6.07) is 12.1. The van der Waals surface area contributed by atoms with E-state index in [2.05, 4.69) is 68.2 Å². The molecule has 1 aliphatic heterocycles. The van der Waals surface area contributed by atoms with E-state index in [1.54, 1.807) is 0 Å². The average molecular weight is 274 g/mol. The molecule has 0 bridgehead atoms. The number of hydrogen-bond donors (Lipinski definition) is 1. The molecule has 0 aliphatic carbocycles. The van der Waals surface area contributed by atoms with Gasteiger partial charge in [0.1, 0.15) is 0 Å². The maximum atomic E-state index is 3.81. The molecule has 1 aromatic rings. The van der Waals surface area contributed by atoms with Crippen molar-refractivity contribution < 1.29 is 0 Å². The number of benzene rings is 1. The van der Waals surface area contributed by atoms with Crippen LogP contribution in [0.5, 0.6) is 0 Å². The Morgan fingerprint density at radius 2 is 1.95 bits per heavy atom. The van der Waals surface area contributed by atoms with Gasteiger partial charge in [-0.1, -0.05) is 51.1 Å². The normalized spacial score (nSPS) is 22.1. The first-order chi connectivity index (χ1) is 9.45. The number of rotatable bonds is 5. The second-order valence-electron chi connectivity index (χ2n) is 7.28. The predicted octanol–water partition coefficient (Wildman–Crippen LogP) is 3.33. The summed E-state index contributed by atoms with van der Waals surface area (Å²) in [5.41, 5.74) is 1.80. The van der Waals surface area contributed by atoms with Crippen molar-refractivity contribution in [1.82, 2.24) is 10.2 Å².